The van der Waals surface area contributed by atoms with Gasteiger partial charge < -0.3 is 11.1 Å². The molecule has 0 saturated carbocycles. The van der Waals surface area contributed by atoms with E-state index in [4.69, 9.17) is 17.3 Å². The average Bonchev–Trinajstić information content (AvgIpc) is 2.53. The van der Waals surface area contributed by atoms with Crippen LogP contribution in [0.15, 0.2) is 48.5 Å². The van der Waals surface area contributed by atoms with E-state index in [9.17, 15) is 4.79 Å². The third-order valence-corrected chi connectivity index (χ3v) is 4.03. The number of nitrogens with one attached hydrogen (secondary N) is 1. The van der Waals surface area contributed by atoms with Crippen LogP contribution < -0.4 is 11.1 Å². The first-order chi connectivity index (χ1) is 11.1. The number of pyridine rings is 1. The van der Waals surface area contributed by atoms with Crippen molar-refractivity contribution in [1.82, 2.24) is 4.98 Å². The van der Waals surface area contributed by atoms with E-state index in [2.05, 4.69) is 10.3 Å². The lowest BCUT2D eigenvalue weighted by molar-refractivity contribution is 0.100. The zero-order valence-corrected chi connectivity index (χ0v) is 13.4. The summed E-state index contributed by atoms with van der Waals surface area (Å²) in [7, 11) is 0. The van der Waals surface area contributed by atoms with Crippen LogP contribution in [0.1, 0.15) is 21.6 Å². The molecule has 3 N–H and O–H groups in total. The number of aromatic nitrogens is 1. The number of nitrogens with zero attached hydrogens (tertiary/aromatic N) is 1. The summed E-state index contributed by atoms with van der Waals surface area (Å²) in [5, 5.41) is 4.95. The molecule has 1 aromatic heterocycles. The molecule has 0 saturated heterocycles. The standard InChI is InChI=1S/C18H16ClN3O/c1-11-9-16(21-10-12-5-2-3-8-15(12)19)13-6-4-7-14(18(20)23)17(13)22-11/h2-9H,10H2,1H3,(H2,20,23)(H,21,22). The number of benzene rings is 2. The van der Waals surface area contributed by atoms with Crippen molar-refractivity contribution in [3.8, 4) is 0 Å². The third-order valence-electron chi connectivity index (χ3n) is 3.66. The maximum Gasteiger partial charge on any atom is 0.250 e. The van der Waals surface area contributed by atoms with Crippen LogP contribution in [0.25, 0.3) is 10.9 Å². The summed E-state index contributed by atoms with van der Waals surface area (Å²) in [6, 6.07) is 15.0. The highest BCUT2D eigenvalue weighted by atomic mass is 35.5. The van der Waals surface area contributed by atoms with Gasteiger partial charge in [0.05, 0.1) is 11.1 Å². The molecule has 0 fully saturated rings. The Morgan fingerprint density at radius 2 is 2.00 bits per heavy atom. The van der Waals surface area contributed by atoms with E-state index < -0.39 is 5.91 Å². The first kappa shape index (κ1) is 15.3. The fraction of sp³-hybridized carbons (Fsp3) is 0.111. The molecule has 0 unspecified atom stereocenters. The number of carbonyl (C=O) groups excluding carboxylic acids is 1. The second-order valence-corrected chi connectivity index (χ2v) is 5.73. The van der Waals surface area contributed by atoms with Crippen molar-refractivity contribution in [2.24, 2.45) is 5.73 Å². The SMILES string of the molecule is Cc1cc(NCc2ccccc2Cl)c2cccc(C(N)=O)c2n1. The van der Waals surface area contributed by atoms with E-state index in [1.165, 1.54) is 0 Å². The highest BCUT2D eigenvalue weighted by Gasteiger charge is 2.11. The number of nitrogens with two attached hydrogens (primary N) is 1. The fourth-order valence-corrected chi connectivity index (χ4v) is 2.76. The van der Waals surface area contributed by atoms with Crippen LogP contribution in [0.3, 0.4) is 0 Å². The smallest absolute Gasteiger partial charge is 0.250 e. The molecule has 0 spiro atoms. The topological polar surface area (TPSA) is 68.0 Å². The number of hydrogen-bond acceptors (Lipinski definition) is 3. The summed E-state index contributed by atoms with van der Waals surface area (Å²) < 4.78 is 0. The Hall–Kier alpha value is -2.59. The van der Waals surface area contributed by atoms with Gasteiger partial charge in [-0.25, -0.2) is 0 Å². The van der Waals surface area contributed by atoms with Crippen molar-refractivity contribution in [3.63, 3.8) is 0 Å². The van der Waals surface area contributed by atoms with Gasteiger partial charge in [0.15, 0.2) is 0 Å². The van der Waals surface area contributed by atoms with Crippen LogP contribution in [0.4, 0.5) is 5.69 Å². The zero-order chi connectivity index (χ0) is 16.4. The number of para-hydroxylation sites is 1. The molecule has 5 heteroatoms. The van der Waals surface area contributed by atoms with Crippen molar-refractivity contribution >= 4 is 34.1 Å². The molecule has 3 aromatic rings. The Kier molecular flexibility index (Phi) is 4.17. The molecule has 116 valence electrons. The highest BCUT2D eigenvalue weighted by Crippen LogP contribution is 2.27. The summed E-state index contributed by atoms with van der Waals surface area (Å²) in [4.78, 5) is 16.1. The molecule has 3 rings (SSSR count). The first-order valence-electron chi connectivity index (χ1n) is 7.23. The number of amides is 1. The van der Waals surface area contributed by atoms with E-state index in [0.717, 1.165) is 22.3 Å². The lowest BCUT2D eigenvalue weighted by Crippen LogP contribution is -2.12. The number of aryl methyl sites for hydroxylation is 1. The minimum atomic E-state index is -0.481. The number of hydrogen-bond donors (Lipinski definition) is 2. The number of primary amides is 1. The molecule has 0 aliphatic rings. The van der Waals surface area contributed by atoms with Gasteiger partial charge in [0.1, 0.15) is 0 Å². The Morgan fingerprint density at radius 3 is 2.74 bits per heavy atom. The van der Waals surface area contributed by atoms with Crippen molar-refractivity contribution < 1.29 is 4.79 Å². The summed E-state index contributed by atoms with van der Waals surface area (Å²) in [5.74, 6) is -0.481. The number of rotatable bonds is 4. The molecule has 0 radical (unpaired) electrons. The average molecular weight is 326 g/mol. The van der Waals surface area contributed by atoms with Gasteiger partial charge in [-0.15, -0.1) is 0 Å². The second kappa shape index (κ2) is 6.26. The van der Waals surface area contributed by atoms with Gasteiger partial charge in [-0.2, -0.15) is 0 Å². The van der Waals surface area contributed by atoms with E-state index in [0.29, 0.717) is 22.6 Å². The minimum absolute atomic E-state index is 0.423. The molecule has 0 aliphatic carbocycles. The van der Waals surface area contributed by atoms with Gasteiger partial charge in [-0.05, 0) is 30.7 Å². The van der Waals surface area contributed by atoms with Gasteiger partial charge in [0.25, 0.3) is 5.91 Å². The molecule has 1 amide bonds. The van der Waals surface area contributed by atoms with Crippen LogP contribution in [0, 0.1) is 6.92 Å². The number of fused-ring (bicyclic) bond motifs is 1. The summed E-state index contributed by atoms with van der Waals surface area (Å²) in [6.45, 7) is 2.47. The lowest BCUT2D eigenvalue weighted by atomic mass is 10.1. The Morgan fingerprint density at radius 1 is 1.22 bits per heavy atom. The van der Waals surface area contributed by atoms with Crippen molar-refractivity contribution in [2.75, 3.05) is 5.32 Å². The zero-order valence-electron chi connectivity index (χ0n) is 12.6. The first-order valence-corrected chi connectivity index (χ1v) is 7.61. The van der Waals surface area contributed by atoms with E-state index in [1.54, 1.807) is 12.1 Å². The summed E-state index contributed by atoms with van der Waals surface area (Å²) in [5.41, 5.74) is 9.20. The molecule has 0 aliphatic heterocycles. The summed E-state index contributed by atoms with van der Waals surface area (Å²) in [6.07, 6.45) is 0. The van der Waals surface area contributed by atoms with Gasteiger partial charge >= 0.3 is 0 Å². The number of anilines is 1. The third kappa shape index (κ3) is 3.12. The predicted octanol–water partition coefficient (Wildman–Crippen LogP) is 3.91. The quantitative estimate of drug-likeness (QED) is 0.764. The van der Waals surface area contributed by atoms with Gasteiger partial charge in [0, 0.05) is 28.3 Å². The predicted molar refractivity (Wildman–Crippen MR) is 93.8 cm³/mol. The normalized spacial score (nSPS) is 10.7. The molecular weight excluding hydrogens is 310 g/mol. The number of carbonyl (C=O) groups is 1. The monoisotopic (exact) mass is 325 g/mol. The maximum absolute atomic E-state index is 11.6. The number of halogens is 1. The van der Waals surface area contributed by atoms with Crippen molar-refractivity contribution in [1.29, 1.82) is 0 Å². The molecule has 4 nitrogen and oxygen atoms in total. The molecule has 0 atom stereocenters. The van der Waals surface area contributed by atoms with Crippen molar-refractivity contribution in [2.45, 2.75) is 13.5 Å². The van der Waals surface area contributed by atoms with E-state index in [1.807, 2.05) is 43.3 Å². The lowest BCUT2D eigenvalue weighted by Gasteiger charge is -2.13. The molecule has 0 bridgehead atoms. The largest absolute Gasteiger partial charge is 0.380 e. The van der Waals surface area contributed by atoms with Crippen LogP contribution in [-0.2, 0) is 6.54 Å². The van der Waals surface area contributed by atoms with E-state index >= 15 is 0 Å². The van der Waals surface area contributed by atoms with Crippen LogP contribution >= 0.6 is 11.6 Å². The minimum Gasteiger partial charge on any atom is -0.380 e. The molecule has 1 heterocycles. The van der Waals surface area contributed by atoms with Crippen LogP contribution in [0.2, 0.25) is 5.02 Å². The Labute approximate surface area is 139 Å². The second-order valence-electron chi connectivity index (χ2n) is 5.32. The van der Waals surface area contributed by atoms with Crippen LogP contribution in [0.5, 0.6) is 0 Å². The fourth-order valence-electron chi connectivity index (χ4n) is 2.55. The molecule has 23 heavy (non-hydrogen) atoms. The van der Waals surface area contributed by atoms with E-state index in [-0.39, 0.29) is 0 Å². The molecular formula is C18H16ClN3O. The Bertz CT molecular complexity index is 893. The molecule has 2 aromatic carbocycles. The van der Waals surface area contributed by atoms with Gasteiger partial charge in [-0.3, -0.25) is 9.78 Å². The Balaban J connectivity index is 2.02. The maximum atomic E-state index is 11.6. The highest BCUT2D eigenvalue weighted by molar-refractivity contribution is 6.31. The summed E-state index contributed by atoms with van der Waals surface area (Å²) >= 11 is 6.19. The van der Waals surface area contributed by atoms with Gasteiger partial charge in [-0.1, -0.05) is 41.9 Å². The van der Waals surface area contributed by atoms with Crippen LogP contribution in [-0.4, -0.2) is 10.9 Å². The van der Waals surface area contributed by atoms with Crippen molar-refractivity contribution in [3.05, 3.63) is 70.4 Å². The van der Waals surface area contributed by atoms with Gasteiger partial charge in [0.2, 0.25) is 0 Å².